The van der Waals surface area contributed by atoms with Crippen LogP contribution in [0.3, 0.4) is 0 Å². The van der Waals surface area contributed by atoms with Gasteiger partial charge in [-0.25, -0.2) is 8.42 Å². The lowest BCUT2D eigenvalue weighted by atomic mass is 10.0. The van der Waals surface area contributed by atoms with Gasteiger partial charge in [0, 0.05) is 0 Å². The van der Waals surface area contributed by atoms with E-state index in [1.807, 2.05) is 6.07 Å². The molecule has 0 unspecified atom stereocenters. The smallest absolute Gasteiger partial charge is 0.416 e. The van der Waals surface area contributed by atoms with Crippen LogP contribution >= 0.6 is 11.6 Å². The highest BCUT2D eigenvalue weighted by Crippen LogP contribution is 2.42. The average molecular weight is 507 g/mol. The van der Waals surface area contributed by atoms with Gasteiger partial charge in [-0.05, 0) is 67.4 Å². The van der Waals surface area contributed by atoms with Gasteiger partial charge in [-0.15, -0.1) is 0 Å². The molecule has 0 radical (unpaired) electrons. The lowest BCUT2D eigenvalue weighted by molar-refractivity contribution is -0.137. The molecule has 176 valence electrons. The van der Waals surface area contributed by atoms with Crippen molar-refractivity contribution in [1.29, 1.82) is 5.26 Å². The minimum Gasteiger partial charge on any atom is -0.484 e. The van der Waals surface area contributed by atoms with Crippen molar-refractivity contribution in [1.82, 2.24) is 0 Å². The molecule has 10 heteroatoms. The molecule has 0 fully saturated rings. The van der Waals surface area contributed by atoms with Crippen molar-refractivity contribution < 1.29 is 26.3 Å². The molecule has 0 saturated carbocycles. The highest BCUT2D eigenvalue weighted by Gasteiger charge is 2.39. The first-order valence-corrected chi connectivity index (χ1v) is 11.9. The van der Waals surface area contributed by atoms with E-state index < -0.39 is 27.4 Å². The van der Waals surface area contributed by atoms with Crippen LogP contribution in [0.5, 0.6) is 5.75 Å². The molecule has 1 aliphatic rings. The van der Waals surface area contributed by atoms with E-state index in [1.165, 1.54) is 34.6 Å². The molecular weight excluding hydrogens is 489 g/mol. The van der Waals surface area contributed by atoms with Crippen LogP contribution in [-0.2, 0) is 16.2 Å². The van der Waals surface area contributed by atoms with Crippen LogP contribution < -0.4 is 9.04 Å². The molecule has 0 saturated heterocycles. The number of alkyl halides is 3. The standard InChI is InChI=1S/C24H18ClF3N2O3S/c1-23(2)14-30(34(31,32)19-9-5-17(13-29)20(25)12-19)21-10-6-16(11-22(21)33-23)15-3-7-18(8-4-15)24(26,27)28/h3-12H,14H2,1-2H3. The minimum atomic E-state index is -4.44. The largest absolute Gasteiger partial charge is 0.484 e. The van der Waals surface area contributed by atoms with Crippen molar-refractivity contribution in [2.75, 3.05) is 10.8 Å². The Morgan fingerprint density at radius 3 is 2.26 bits per heavy atom. The van der Waals surface area contributed by atoms with E-state index in [1.54, 1.807) is 32.0 Å². The lowest BCUT2D eigenvalue weighted by Crippen LogP contribution is -2.49. The van der Waals surface area contributed by atoms with Gasteiger partial charge in [-0.3, -0.25) is 4.31 Å². The fourth-order valence-electron chi connectivity index (χ4n) is 3.68. The summed E-state index contributed by atoms with van der Waals surface area (Å²) in [5.41, 5.74) is -0.111. The Bertz CT molecular complexity index is 1410. The van der Waals surface area contributed by atoms with Crippen molar-refractivity contribution in [3.63, 3.8) is 0 Å². The van der Waals surface area contributed by atoms with Gasteiger partial charge in [0.25, 0.3) is 10.0 Å². The van der Waals surface area contributed by atoms with Gasteiger partial charge in [-0.2, -0.15) is 18.4 Å². The molecule has 0 aliphatic carbocycles. The van der Waals surface area contributed by atoms with Crippen LogP contribution in [0, 0.1) is 11.3 Å². The summed E-state index contributed by atoms with van der Waals surface area (Å²) in [6.07, 6.45) is -4.44. The first-order valence-electron chi connectivity index (χ1n) is 10.0. The van der Waals surface area contributed by atoms with Crippen molar-refractivity contribution >= 4 is 27.3 Å². The van der Waals surface area contributed by atoms with E-state index in [4.69, 9.17) is 21.6 Å². The number of rotatable bonds is 3. The normalized spacial score (nSPS) is 15.3. The molecule has 0 amide bonds. The third kappa shape index (κ3) is 4.43. The van der Waals surface area contributed by atoms with E-state index in [-0.39, 0.29) is 33.5 Å². The zero-order chi connectivity index (χ0) is 24.9. The van der Waals surface area contributed by atoms with Crippen LogP contribution in [0.1, 0.15) is 25.0 Å². The molecule has 3 aromatic rings. The number of hydrogen-bond acceptors (Lipinski definition) is 4. The number of anilines is 1. The van der Waals surface area contributed by atoms with Gasteiger partial charge in [0.05, 0.1) is 33.3 Å². The molecule has 1 aliphatic heterocycles. The van der Waals surface area contributed by atoms with Crippen molar-refractivity contribution in [3.05, 3.63) is 76.8 Å². The maximum atomic E-state index is 13.5. The maximum Gasteiger partial charge on any atom is 0.416 e. The summed E-state index contributed by atoms with van der Waals surface area (Å²) in [5, 5.41) is 9.09. The summed E-state index contributed by atoms with van der Waals surface area (Å²) >= 11 is 6.06. The molecule has 0 atom stereocenters. The topological polar surface area (TPSA) is 70.4 Å². The lowest BCUT2D eigenvalue weighted by Gasteiger charge is -2.40. The van der Waals surface area contributed by atoms with Crippen LogP contribution in [0.15, 0.2) is 65.6 Å². The van der Waals surface area contributed by atoms with Crippen LogP contribution in [0.4, 0.5) is 18.9 Å². The Morgan fingerprint density at radius 2 is 1.68 bits per heavy atom. The third-order valence-corrected chi connectivity index (χ3v) is 7.40. The predicted octanol–water partition coefficient (Wildman–Crippen LogP) is 6.26. The number of ether oxygens (including phenoxy) is 1. The number of sulfonamides is 1. The van der Waals surface area contributed by atoms with E-state index in [9.17, 15) is 21.6 Å². The molecule has 3 aromatic carbocycles. The first kappa shape index (κ1) is 23.9. The van der Waals surface area contributed by atoms with Crippen LogP contribution in [0.25, 0.3) is 11.1 Å². The summed E-state index contributed by atoms with van der Waals surface area (Å²) in [6.45, 7) is 3.48. The fourth-order valence-corrected chi connectivity index (χ4v) is 5.62. The van der Waals surface area contributed by atoms with Gasteiger partial charge in [0.2, 0.25) is 0 Å². The fraction of sp³-hybridized carbons (Fsp3) is 0.208. The summed E-state index contributed by atoms with van der Waals surface area (Å²) in [6, 6.07) is 15.3. The number of nitrogens with zero attached hydrogens (tertiary/aromatic N) is 2. The van der Waals surface area contributed by atoms with E-state index in [0.29, 0.717) is 11.1 Å². The summed E-state index contributed by atoms with van der Waals surface area (Å²) in [5.74, 6) is 0.275. The minimum absolute atomic E-state index is 0.0135. The Hall–Kier alpha value is -3.22. The van der Waals surface area contributed by atoms with Gasteiger partial charge >= 0.3 is 6.18 Å². The highest BCUT2D eigenvalue weighted by molar-refractivity contribution is 7.92. The van der Waals surface area contributed by atoms with Crippen molar-refractivity contribution in [2.45, 2.75) is 30.5 Å². The number of halogens is 4. The predicted molar refractivity (Wildman–Crippen MR) is 122 cm³/mol. The van der Waals surface area contributed by atoms with E-state index in [2.05, 4.69) is 0 Å². The number of hydrogen-bond donors (Lipinski definition) is 0. The van der Waals surface area contributed by atoms with Crippen molar-refractivity contribution in [2.24, 2.45) is 0 Å². The molecule has 0 aromatic heterocycles. The van der Waals surface area contributed by atoms with Gasteiger partial charge in [-0.1, -0.05) is 29.8 Å². The second-order valence-corrected chi connectivity index (χ2v) is 10.7. The second kappa shape index (κ2) is 8.22. The first-order chi connectivity index (χ1) is 15.8. The second-order valence-electron chi connectivity index (χ2n) is 8.38. The maximum absolute atomic E-state index is 13.5. The molecule has 0 bridgehead atoms. The summed E-state index contributed by atoms with van der Waals surface area (Å²) in [4.78, 5) is -0.0769. The summed E-state index contributed by atoms with van der Waals surface area (Å²) < 4.78 is 72.9. The van der Waals surface area contributed by atoms with Crippen LogP contribution in [-0.4, -0.2) is 20.6 Å². The van der Waals surface area contributed by atoms with E-state index in [0.717, 1.165) is 12.1 Å². The number of fused-ring (bicyclic) bond motifs is 1. The van der Waals surface area contributed by atoms with Crippen LogP contribution in [0.2, 0.25) is 5.02 Å². The third-order valence-electron chi connectivity index (χ3n) is 5.33. The molecular formula is C24H18ClF3N2O3S. The molecule has 1 heterocycles. The summed E-state index contributed by atoms with van der Waals surface area (Å²) in [7, 11) is -4.06. The highest BCUT2D eigenvalue weighted by atomic mass is 35.5. The van der Waals surface area contributed by atoms with Crippen molar-refractivity contribution in [3.8, 4) is 22.9 Å². The van der Waals surface area contributed by atoms with Gasteiger partial charge in [0.15, 0.2) is 0 Å². The molecule has 4 rings (SSSR count). The monoisotopic (exact) mass is 506 g/mol. The Balaban J connectivity index is 1.76. The van der Waals surface area contributed by atoms with Gasteiger partial charge < -0.3 is 4.74 Å². The Labute approximate surface area is 200 Å². The Kier molecular flexibility index (Phi) is 5.78. The SMILES string of the molecule is CC1(C)CN(S(=O)(=O)c2ccc(C#N)c(Cl)c2)c2ccc(-c3ccc(C(F)(F)F)cc3)cc2O1. The zero-order valence-corrected chi connectivity index (χ0v) is 19.6. The molecule has 34 heavy (non-hydrogen) atoms. The zero-order valence-electron chi connectivity index (χ0n) is 18.0. The molecule has 5 nitrogen and oxygen atoms in total. The number of benzene rings is 3. The molecule has 0 spiro atoms. The van der Waals surface area contributed by atoms with E-state index >= 15 is 0 Å². The average Bonchev–Trinajstić information content (AvgIpc) is 2.77. The molecule has 0 N–H and O–H groups in total. The Morgan fingerprint density at radius 1 is 1.03 bits per heavy atom. The van der Waals surface area contributed by atoms with Gasteiger partial charge in [0.1, 0.15) is 17.4 Å². The number of nitriles is 1. The quantitative estimate of drug-likeness (QED) is 0.420.